The molecule has 2 heterocycles. The van der Waals surface area contributed by atoms with Crippen LogP contribution in [0.15, 0.2) is 83.8 Å². The van der Waals surface area contributed by atoms with Crippen LogP contribution in [0.3, 0.4) is 0 Å². The molecule has 8 nitrogen and oxygen atoms in total. The van der Waals surface area contributed by atoms with Crippen LogP contribution < -0.4 is 15.6 Å². The van der Waals surface area contributed by atoms with E-state index in [-0.39, 0.29) is 17.3 Å². The monoisotopic (exact) mass is 531 g/mol. The minimum Gasteiger partial charge on any atom is -0.453 e. The Bertz CT molecular complexity index is 1500. The van der Waals surface area contributed by atoms with E-state index in [0.717, 1.165) is 24.3 Å². The second-order valence-electron chi connectivity index (χ2n) is 9.06. The van der Waals surface area contributed by atoms with Gasteiger partial charge in [-0.05, 0) is 79.3 Å². The Morgan fingerprint density at radius 2 is 1.51 bits per heavy atom. The molecule has 0 atom stereocenters. The smallest absolute Gasteiger partial charge is 0.299 e. The van der Waals surface area contributed by atoms with Gasteiger partial charge in [0.05, 0.1) is 11.9 Å². The van der Waals surface area contributed by atoms with Crippen LogP contribution in [-0.2, 0) is 0 Å². The van der Waals surface area contributed by atoms with E-state index in [1.54, 1.807) is 24.3 Å². The Balaban J connectivity index is 1.42. The largest absolute Gasteiger partial charge is 0.453 e. The first kappa shape index (κ1) is 26.1. The highest BCUT2D eigenvalue weighted by Crippen LogP contribution is 2.29. The van der Waals surface area contributed by atoms with Crippen LogP contribution in [0.4, 0.5) is 20.2 Å². The summed E-state index contributed by atoms with van der Waals surface area (Å²) >= 11 is 0. The fraction of sp³-hybridized carbons (Fsp3) is 0.207. The predicted molar refractivity (Wildman–Crippen MR) is 144 cm³/mol. The lowest BCUT2D eigenvalue weighted by atomic mass is 10.1. The topological polar surface area (TPSA) is 79.7 Å². The summed E-state index contributed by atoms with van der Waals surface area (Å²) in [7, 11) is 0. The van der Waals surface area contributed by atoms with Gasteiger partial charge in [-0.15, -0.1) is 0 Å². The number of carbonyl (C=O) groups excluding carboxylic acids is 1. The fourth-order valence-electron chi connectivity index (χ4n) is 4.32. The average Bonchev–Trinajstić information content (AvgIpc) is 2.97. The van der Waals surface area contributed by atoms with Gasteiger partial charge in [-0.2, -0.15) is 9.78 Å². The lowest BCUT2D eigenvalue weighted by Crippen LogP contribution is -2.48. The predicted octanol–water partition coefficient (Wildman–Crippen LogP) is 4.82. The summed E-state index contributed by atoms with van der Waals surface area (Å²) in [5.74, 6) is -0.487. The molecule has 1 fully saturated rings. The molecule has 3 aromatic carbocycles. The highest BCUT2D eigenvalue weighted by atomic mass is 19.1. The number of benzene rings is 3. The van der Waals surface area contributed by atoms with Gasteiger partial charge in [-0.1, -0.05) is 6.92 Å². The van der Waals surface area contributed by atoms with Gasteiger partial charge in [0, 0.05) is 37.4 Å². The quantitative estimate of drug-likeness (QED) is 0.368. The molecule has 200 valence electrons. The van der Waals surface area contributed by atoms with Crippen molar-refractivity contribution in [1.29, 1.82) is 0 Å². The molecule has 0 saturated carbocycles. The Labute approximate surface area is 224 Å². The number of anilines is 2. The van der Waals surface area contributed by atoms with Gasteiger partial charge in [-0.25, -0.2) is 8.78 Å². The van der Waals surface area contributed by atoms with Gasteiger partial charge in [0.2, 0.25) is 0 Å². The average molecular weight is 532 g/mol. The normalized spacial score (nSPS) is 13.8. The lowest BCUT2D eigenvalue weighted by molar-refractivity contribution is 0.0643. The molecule has 39 heavy (non-hydrogen) atoms. The highest BCUT2D eigenvalue weighted by Gasteiger charge is 2.21. The van der Waals surface area contributed by atoms with E-state index in [1.807, 2.05) is 4.90 Å². The zero-order valence-corrected chi connectivity index (χ0v) is 21.3. The number of rotatable bonds is 7. The Kier molecular flexibility index (Phi) is 7.64. The van der Waals surface area contributed by atoms with Crippen molar-refractivity contribution in [2.45, 2.75) is 6.92 Å². The van der Waals surface area contributed by atoms with Crippen LogP contribution in [0.25, 0.3) is 5.69 Å². The minimum absolute atomic E-state index is 0.0415. The van der Waals surface area contributed by atoms with Gasteiger partial charge >= 0.3 is 0 Å². The van der Waals surface area contributed by atoms with Crippen molar-refractivity contribution in [2.75, 3.05) is 38.0 Å². The molecule has 1 aliphatic rings. The van der Waals surface area contributed by atoms with Crippen molar-refractivity contribution < 1.29 is 18.3 Å². The van der Waals surface area contributed by atoms with E-state index in [1.165, 1.54) is 54.7 Å². The maximum Gasteiger partial charge on any atom is 0.299 e. The molecular formula is C29H27F2N5O3. The second kappa shape index (κ2) is 11.4. The number of ether oxygens (including phenoxy) is 1. The number of nitrogens with one attached hydrogen (secondary N) is 1. The molecule has 0 bridgehead atoms. The maximum atomic E-state index is 13.5. The number of aromatic nitrogens is 2. The summed E-state index contributed by atoms with van der Waals surface area (Å²) in [6.07, 6.45) is 1.35. The number of halogens is 2. The summed E-state index contributed by atoms with van der Waals surface area (Å²) in [6, 6.07) is 17.5. The van der Waals surface area contributed by atoms with Gasteiger partial charge in [-0.3, -0.25) is 9.59 Å². The molecule has 1 N–H and O–H groups in total. The van der Waals surface area contributed by atoms with Gasteiger partial charge in [0.15, 0.2) is 11.4 Å². The Hall–Kier alpha value is -4.57. The van der Waals surface area contributed by atoms with Crippen LogP contribution in [0, 0.1) is 11.6 Å². The number of piperazine rings is 1. The van der Waals surface area contributed by atoms with Crippen LogP contribution in [-0.4, -0.2) is 58.2 Å². The molecule has 0 aliphatic carbocycles. The van der Waals surface area contributed by atoms with Crippen molar-refractivity contribution in [3.8, 4) is 17.2 Å². The number of hydrogen-bond acceptors (Lipinski definition) is 6. The van der Waals surface area contributed by atoms with E-state index in [4.69, 9.17) is 4.74 Å². The number of hydrogen-bond donors (Lipinski definition) is 1. The molecule has 0 radical (unpaired) electrons. The minimum atomic E-state index is -0.546. The van der Waals surface area contributed by atoms with Gasteiger partial charge < -0.3 is 19.9 Å². The Morgan fingerprint density at radius 1 is 0.897 bits per heavy atom. The summed E-state index contributed by atoms with van der Waals surface area (Å²) in [4.78, 5) is 30.6. The van der Waals surface area contributed by atoms with E-state index < -0.39 is 17.2 Å². The van der Waals surface area contributed by atoms with E-state index >= 15 is 0 Å². The van der Waals surface area contributed by atoms with Gasteiger partial charge in [0.1, 0.15) is 17.4 Å². The van der Waals surface area contributed by atoms with E-state index in [0.29, 0.717) is 35.8 Å². The van der Waals surface area contributed by atoms with Crippen molar-refractivity contribution in [1.82, 2.24) is 19.6 Å². The van der Waals surface area contributed by atoms with Crippen LogP contribution in [0.2, 0.25) is 0 Å². The van der Waals surface area contributed by atoms with Crippen LogP contribution >= 0.6 is 0 Å². The number of carbonyl (C=O) groups is 1. The van der Waals surface area contributed by atoms with Gasteiger partial charge in [0.25, 0.3) is 11.5 Å². The molecule has 10 heteroatoms. The summed E-state index contributed by atoms with van der Waals surface area (Å²) in [5.41, 5.74) is 0.970. The van der Waals surface area contributed by atoms with Crippen LogP contribution in [0.5, 0.6) is 11.5 Å². The molecule has 1 saturated heterocycles. The zero-order valence-electron chi connectivity index (χ0n) is 21.3. The Morgan fingerprint density at radius 3 is 2.13 bits per heavy atom. The summed E-state index contributed by atoms with van der Waals surface area (Å²) < 4.78 is 33.8. The number of nitrogens with zero attached hydrogens (tertiary/aromatic N) is 4. The first-order valence-corrected chi connectivity index (χ1v) is 12.6. The third-order valence-electron chi connectivity index (χ3n) is 6.56. The lowest BCUT2D eigenvalue weighted by Gasteiger charge is -2.34. The van der Waals surface area contributed by atoms with Crippen molar-refractivity contribution in [2.24, 2.45) is 0 Å². The first-order chi connectivity index (χ1) is 18.9. The fourth-order valence-corrected chi connectivity index (χ4v) is 4.32. The molecule has 4 aromatic rings. The van der Waals surface area contributed by atoms with E-state index in [9.17, 15) is 18.4 Å². The maximum absolute atomic E-state index is 13.5. The standard InChI is InChI=1S/C29H27F2N5O3/c1-2-34-15-17-35(18-16-34)28(37)20-3-9-23(10-4-20)33-27-26(39-25-13-7-22(31)8-14-25)19-32-36(29(27)38)24-11-5-21(30)6-12-24/h3-14,19,33H,2,15-18H2,1H3. The van der Waals surface area contributed by atoms with E-state index in [2.05, 4.69) is 22.2 Å². The SMILES string of the molecule is CCN1CCN(C(=O)c2ccc(Nc3c(Oc4ccc(F)cc4)cnn(-c4ccc(F)cc4)c3=O)cc2)CC1. The molecule has 1 aliphatic heterocycles. The first-order valence-electron chi connectivity index (χ1n) is 12.6. The second-order valence-corrected chi connectivity index (χ2v) is 9.06. The van der Waals surface area contributed by atoms with Crippen molar-refractivity contribution in [3.63, 3.8) is 0 Å². The third kappa shape index (κ3) is 5.96. The number of amides is 1. The molecular weight excluding hydrogens is 504 g/mol. The number of likely N-dealkylation sites (N-methyl/N-ethyl adjacent to an activating group) is 1. The molecule has 1 aromatic heterocycles. The molecule has 0 unspecified atom stereocenters. The molecule has 1 amide bonds. The molecule has 0 spiro atoms. The van der Waals surface area contributed by atoms with Crippen molar-refractivity contribution in [3.05, 3.63) is 107 Å². The molecule has 5 rings (SSSR count). The van der Waals surface area contributed by atoms with Crippen molar-refractivity contribution >= 4 is 17.3 Å². The third-order valence-corrected chi connectivity index (χ3v) is 6.56. The zero-order chi connectivity index (χ0) is 27.4. The summed E-state index contributed by atoms with van der Waals surface area (Å²) in [6.45, 7) is 6.12. The highest BCUT2D eigenvalue weighted by molar-refractivity contribution is 5.94. The summed E-state index contributed by atoms with van der Waals surface area (Å²) in [5, 5.41) is 7.26. The van der Waals surface area contributed by atoms with Crippen LogP contribution in [0.1, 0.15) is 17.3 Å².